The first-order chi connectivity index (χ1) is 8.30. The van der Waals surface area contributed by atoms with Gasteiger partial charge in [-0.1, -0.05) is 30.3 Å². The van der Waals surface area contributed by atoms with Crippen molar-refractivity contribution in [3.63, 3.8) is 0 Å². The Balaban J connectivity index is 0.00000324. The van der Waals surface area contributed by atoms with Crippen molar-refractivity contribution in [2.75, 3.05) is 0 Å². The highest BCUT2D eigenvalue weighted by molar-refractivity contribution is 5.85. The van der Waals surface area contributed by atoms with Crippen molar-refractivity contribution in [3.05, 3.63) is 35.9 Å². The Morgan fingerprint density at radius 3 is 2.37 bits per heavy atom. The van der Waals surface area contributed by atoms with Crippen LogP contribution >= 0.6 is 12.4 Å². The van der Waals surface area contributed by atoms with E-state index in [0.717, 1.165) is 5.56 Å². The van der Waals surface area contributed by atoms with Crippen LogP contribution in [0.1, 0.15) is 38.9 Å². The monoisotopic (exact) mass is 286 g/mol. The van der Waals surface area contributed by atoms with Crippen molar-refractivity contribution in [2.45, 2.75) is 44.9 Å². The number of aliphatic hydroxyl groups excluding tert-OH is 1. The van der Waals surface area contributed by atoms with Gasteiger partial charge in [-0.3, -0.25) is 4.79 Å². The smallest absolute Gasteiger partial charge is 0.239 e. The van der Waals surface area contributed by atoms with Crippen molar-refractivity contribution in [1.82, 2.24) is 5.32 Å². The molecule has 2 unspecified atom stereocenters. The summed E-state index contributed by atoms with van der Waals surface area (Å²) in [5.41, 5.74) is 5.65. The van der Waals surface area contributed by atoms with E-state index in [1.54, 1.807) is 13.8 Å². The van der Waals surface area contributed by atoms with Gasteiger partial charge in [0.1, 0.15) is 0 Å². The molecule has 19 heavy (non-hydrogen) atoms. The average Bonchev–Trinajstić information content (AvgIpc) is 2.28. The number of hydrogen-bond acceptors (Lipinski definition) is 3. The molecule has 4 N–H and O–H groups in total. The zero-order chi connectivity index (χ0) is 13.8. The first-order valence-electron chi connectivity index (χ1n) is 6.13. The van der Waals surface area contributed by atoms with Gasteiger partial charge in [-0.05, 0) is 32.8 Å². The van der Waals surface area contributed by atoms with Crippen LogP contribution in [-0.4, -0.2) is 22.6 Å². The number of benzene rings is 1. The third-order valence-electron chi connectivity index (χ3n) is 2.72. The number of amides is 1. The summed E-state index contributed by atoms with van der Waals surface area (Å²) in [5, 5.41) is 12.8. The van der Waals surface area contributed by atoms with Gasteiger partial charge in [0.15, 0.2) is 0 Å². The maximum absolute atomic E-state index is 11.7. The number of aliphatic hydroxyl groups is 1. The van der Waals surface area contributed by atoms with Gasteiger partial charge >= 0.3 is 0 Å². The SMILES string of the molecule is CC(CC(O)c1ccccc1)NC(=O)C(C)(C)N.Cl. The zero-order valence-electron chi connectivity index (χ0n) is 11.6. The average molecular weight is 287 g/mol. The molecule has 108 valence electrons. The quantitative estimate of drug-likeness (QED) is 0.772. The van der Waals surface area contributed by atoms with E-state index in [2.05, 4.69) is 5.32 Å². The first kappa shape index (κ1) is 17.9. The number of rotatable bonds is 5. The third kappa shape index (κ3) is 6.05. The molecule has 0 saturated heterocycles. The van der Waals surface area contributed by atoms with Crippen LogP contribution in [0, 0.1) is 0 Å². The molecule has 0 heterocycles. The molecule has 1 aromatic carbocycles. The van der Waals surface area contributed by atoms with Crippen molar-refractivity contribution in [3.8, 4) is 0 Å². The van der Waals surface area contributed by atoms with Gasteiger partial charge in [-0.15, -0.1) is 12.4 Å². The van der Waals surface area contributed by atoms with Gasteiger partial charge in [0, 0.05) is 6.04 Å². The number of nitrogens with two attached hydrogens (primary N) is 1. The van der Waals surface area contributed by atoms with Gasteiger partial charge in [0.2, 0.25) is 5.91 Å². The van der Waals surface area contributed by atoms with E-state index in [9.17, 15) is 9.90 Å². The first-order valence-corrected chi connectivity index (χ1v) is 6.13. The summed E-state index contributed by atoms with van der Waals surface area (Å²) in [6.45, 7) is 5.17. The lowest BCUT2D eigenvalue weighted by atomic mass is 10.0. The summed E-state index contributed by atoms with van der Waals surface area (Å²) in [6.07, 6.45) is -0.117. The normalized spacial score (nSPS) is 14.2. The van der Waals surface area contributed by atoms with Crippen LogP contribution in [0.3, 0.4) is 0 Å². The second-order valence-electron chi connectivity index (χ2n) is 5.26. The Hall–Kier alpha value is -1.10. The molecule has 1 aromatic rings. The van der Waals surface area contributed by atoms with Gasteiger partial charge < -0.3 is 16.2 Å². The molecule has 0 aliphatic carbocycles. The highest BCUT2D eigenvalue weighted by Gasteiger charge is 2.24. The van der Waals surface area contributed by atoms with E-state index < -0.39 is 11.6 Å². The molecule has 0 saturated carbocycles. The molecule has 4 nitrogen and oxygen atoms in total. The van der Waals surface area contributed by atoms with Gasteiger partial charge in [0.05, 0.1) is 11.6 Å². The predicted octanol–water partition coefficient (Wildman–Crippen LogP) is 1.77. The summed E-state index contributed by atoms with van der Waals surface area (Å²) < 4.78 is 0. The van der Waals surface area contributed by atoms with Gasteiger partial charge in [0.25, 0.3) is 0 Å². The number of nitrogens with one attached hydrogen (secondary N) is 1. The van der Waals surface area contributed by atoms with Crippen LogP contribution in [0.25, 0.3) is 0 Å². The molecule has 0 bridgehead atoms. The van der Waals surface area contributed by atoms with E-state index in [4.69, 9.17) is 5.73 Å². The molecule has 0 radical (unpaired) electrons. The fraction of sp³-hybridized carbons (Fsp3) is 0.500. The van der Waals surface area contributed by atoms with E-state index in [1.165, 1.54) is 0 Å². The van der Waals surface area contributed by atoms with Crippen LogP contribution in [0.4, 0.5) is 0 Å². The Labute approximate surface area is 120 Å². The van der Waals surface area contributed by atoms with E-state index >= 15 is 0 Å². The minimum Gasteiger partial charge on any atom is -0.388 e. The summed E-state index contributed by atoms with van der Waals surface area (Å²) >= 11 is 0. The molecule has 0 fully saturated rings. The molecule has 5 heteroatoms. The summed E-state index contributed by atoms with van der Waals surface area (Å²) in [4.78, 5) is 11.7. The van der Waals surface area contributed by atoms with Crippen LogP contribution in [0.5, 0.6) is 0 Å². The van der Waals surface area contributed by atoms with Crippen molar-refractivity contribution in [1.29, 1.82) is 0 Å². The molecular formula is C14H23ClN2O2. The topological polar surface area (TPSA) is 75.3 Å². The van der Waals surface area contributed by atoms with E-state index in [1.807, 2.05) is 37.3 Å². The number of hydrogen-bond donors (Lipinski definition) is 3. The van der Waals surface area contributed by atoms with Crippen LogP contribution in [-0.2, 0) is 4.79 Å². The molecule has 1 rings (SSSR count). The Bertz CT molecular complexity index is 390. The summed E-state index contributed by atoms with van der Waals surface area (Å²) in [7, 11) is 0. The van der Waals surface area contributed by atoms with Gasteiger partial charge in [-0.25, -0.2) is 0 Å². The van der Waals surface area contributed by atoms with Crippen molar-refractivity contribution >= 4 is 18.3 Å². The summed E-state index contributed by atoms with van der Waals surface area (Å²) in [6, 6.07) is 9.27. The minimum absolute atomic E-state index is 0. The Kier molecular flexibility index (Phi) is 7.05. The third-order valence-corrected chi connectivity index (χ3v) is 2.72. The lowest BCUT2D eigenvalue weighted by Crippen LogP contribution is -2.51. The second-order valence-corrected chi connectivity index (χ2v) is 5.26. The van der Waals surface area contributed by atoms with E-state index in [-0.39, 0.29) is 24.4 Å². The van der Waals surface area contributed by atoms with Gasteiger partial charge in [-0.2, -0.15) is 0 Å². The second kappa shape index (κ2) is 7.48. The molecular weight excluding hydrogens is 264 g/mol. The number of halogens is 1. The Morgan fingerprint density at radius 1 is 1.37 bits per heavy atom. The van der Waals surface area contributed by atoms with Crippen LogP contribution in [0.2, 0.25) is 0 Å². The fourth-order valence-electron chi connectivity index (χ4n) is 1.61. The molecule has 2 atom stereocenters. The van der Waals surface area contributed by atoms with Crippen LogP contribution < -0.4 is 11.1 Å². The molecule has 1 amide bonds. The lowest BCUT2D eigenvalue weighted by molar-refractivity contribution is -0.126. The van der Waals surface area contributed by atoms with Crippen molar-refractivity contribution in [2.24, 2.45) is 5.73 Å². The highest BCUT2D eigenvalue weighted by Crippen LogP contribution is 2.17. The molecule has 0 aliphatic heterocycles. The van der Waals surface area contributed by atoms with E-state index in [0.29, 0.717) is 6.42 Å². The lowest BCUT2D eigenvalue weighted by Gasteiger charge is -2.23. The number of carbonyl (C=O) groups excluding carboxylic acids is 1. The number of carbonyl (C=O) groups is 1. The minimum atomic E-state index is -0.897. The maximum atomic E-state index is 11.7. The maximum Gasteiger partial charge on any atom is 0.239 e. The molecule has 0 aliphatic rings. The largest absolute Gasteiger partial charge is 0.388 e. The van der Waals surface area contributed by atoms with Crippen molar-refractivity contribution < 1.29 is 9.90 Å². The zero-order valence-corrected chi connectivity index (χ0v) is 12.4. The predicted molar refractivity (Wildman–Crippen MR) is 79.1 cm³/mol. The Morgan fingerprint density at radius 2 is 1.89 bits per heavy atom. The molecule has 0 spiro atoms. The molecule has 0 aromatic heterocycles. The summed E-state index contributed by atoms with van der Waals surface area (Å²) in [5.74, 6) is -0.213. The highest BCUT2D eigenvalue weighted by atomic mass is 35.5. The van der Waals surface area contributed by atoms with Crippen LogP contribution in [0.15, 0.2) is 30.3 Å². The standard InChI is InChI=1S/C14H22N2O2.ClH/c1-10(16-13(18)14(2,3)15)9-12(17)11-7-5-4-6-8-11;/h4-8,10,12,17H,9,15H2,1-3H3,(H,16,18);1H. The fourth-order valence-corrected chi connectivity index (χ4v) is 1.61.